The van der Waals surface area contributed by atoms with Crippen molar-refractivity contribution < 1.29 is 0 Å². The van der Waals surface area contributed by atoms with Gasteiger partial charge in [-0.3, -0.25) is 0 Å². The van der Waals surface area contributed by atoms with Gasteiger partial charge in [0.15, 0.2) is 0 Å². The van der Waals surface area contributed by atoms with Gasteiger partial charge in [0.25, 0.3) is 0 Å². The monoisotopic (exact) mass is 170 g/mol. The lowest BCUT2D eigenvalue weighted by molar-refractivity contribution is 1.26. The van der Waals surface area contributed by atoms with Crippen LogP contribution in [0.1, 0.15) is 11.1 Å². The molecule has 0 atom stereocenters. The first-order chi connectivity index (χ1) is 6.38. The normalized spacial score (nSPS) is 10.2. The molecule has 0 heterocycles. The summed E-state index contributed by atoms with van der Waals surface area (Å²) < 4.78 is 0. The van der Waals surface area contributed by atoms with E-state index in [1.54, 1.807) is 6.08 Å². The van der Waals surface area contributed by atoms with Crippen LogP contribution in [0.5, 0.6) is 0 Å². The summed E-state index contributed by atoms with van der Waals surface area (Å²) >= 11 is 0. The zero-order valence-electron chi connectivity index (χ0n) is 7.74. The highest BCUT2D eigenvalue weighted by Crippen LogP contribution is 2.10. The Hall–Kier alpha value is -1.56. The Balaban J connectivity index is 2.80. The summed E-state index contributed by atoms with van der Waals surface area (Å²) in [6, 6.07) is 8.26. The molecule has 0 aliphatic heterocycles. The molecular formula is C13H14. The summed E-state index contributed by atoms with van der Waals surface area (Å²) in [5.74, 6) is 0. The molecule has 66 valence electrons. The van der Waals surface area contributed by atoms with E-state index in [1.807, 2.05) is 24.3 Å². The van der Waals surface area contributed by atoms with E-state index >= 15 is 0 Å². The van der Waals surface area contributed by atoms with E-state index < -0.39 is 0 Å². The number of benzene rings is 1. The van der Waals surface area contributed by atoms with Crippen LogP contribution in [0.4, 0.5) is 0 Å². The molecule has 1 aromatic rings. The van der Waals surface area contributed by atoms with Gasteiger partial charge in [0.05, 0.1) is 0 Å². The minimum atomic E-state index is 0.939. The van der Waals surface area contributed by atoms with E-state index in [0.29, 0.717) is 0 Å². The zero-order chi connectivity index (χ0) is 9.52. The van der Waals surface area contributed by atoms with Crippen LogP contribution in [0.2, 0.25) is 0 Å². The quantitative estimate of drug-likeness (QED) is 0.605. The van der Waals surface area contributed by atoms with Crippen molar-refractivity contribution in [2.75, 3.05) is 0 Å². The molecule has 0 aliphatic carbocycles. The summed E-state index contributed by atoms with van der Waals surface area (Å²) in [7, 11) is 0. The van der Waals surface area contributed by atoms with Crippen molar-refractivity contribution in [3.63, 3.8) is 0 Å². The Morgan fingerprint density at radius 1 is 1.15 bits per heavy atom. The molecule has 0 unspecified atom stereocenters. The van der Waals surface area contributed by atoms with Gasteiger partial charge in [0.1, 0.15) is 0 Å². The number of hydrogen-bond donors (Lipinski definition) is 0. The summed E-state index contributed by atoms with van der Waals surface area (Å²) in [6.45, 7) is 7.40. The lowest BCUT2D eigenvalue weighted by Gasteiger charge is -2.01. The predicted molar refractivity (Wildman–Crippen MR) is 59.6 cm³/mol. The lowest BCUT2D eigenvalue weighted by Crippen LogP contribution is -1.84. The van der Waals surface area contributed by atoms with Gasteiger partial charge < -0.3 is 0 Å². The van der Waals surface area contributed by atoms with Gasteiger partial charge in [-0.15, -0.1) is 0 Å². The van der Waals surface area contributed by atoms with E-state index in [0.717, 1.165) is 6.42 Å². The summed E-state index contributed by atoms with van der Waals surface area (Å²) in [4.78, 5) is 0. The topological polar surface area (TPSA) is 0 Å². The molecule has 0 radical (unpaired) electrons. The first-order valence-corrected chi connectivity index (χ1v) is 4.36. The number of rotatable bonds is 4. The highest BCUT2D eigenvalue weighted by Gasteiger charge is 1.93. The van der Waals surface area contributed by atoms with E-state index in [9.17, 15) is 0 Å². The van der Waals surface area contributed by atoms with Gasteiger partial charge in [-0.05, 0) is 17.5 Å². The molecule has 0 saturated carbocycles. The second-order valence-corrected chi connectivity index (χ2v) is 2.77. The minimum Gasteiger partial charge on any atom is -0.0991 e. The van der Waals surface area contributed by atoms with Gasteiger partial charge in [-0.1, -0.05) is 61.7 Å². The maximum absolute atomic E-state index is 3.78. The van der Waals surface area contributed by atoms with Gasteiger partial charge >= 0.3 is 0 Å². The molecule has 0 spiro atoms. The molecule has 1 rings (SSSR count). The lowest BCUT2D eigenvalue weighted by atomic mass is 10.0. The van der Waals surface area contributed by atoms with E-state index in [1.165, 1.54) is 11.1 Å². The van der Waals surface area contributed by atoms with Crippen LogP contribution in [0.15, 0.2) is 55.7 Å². The fraction of sp³-hybridized carbons (Fsp3) is 0.0769. The number of hydrogen-bond acceptors (Lipinski definition) is 0. The molecule has 0 amide bonds. The van der Waals surface area contributed by atoms with Crippen molar-refractivity contribution in [3.8, 4) is 0 Å². The van der Waals surface area contributed by atoms with Crippen molar-refractivity contribution in [3.05, 3.63) is 66.8 Å². The van der Waals surface area contributed by atoms with Gasteiger partial charge in [0, 0.05) is 0 Å². The Morgan fingerprint density at radius 3 is 2.62 bits per heavy atom. The summed E-state index contributed by atoms with van der Waals surface area (Å²) in [5.41, 5.74) is 2.51. The minimum absolute atomic E-state index is 0.939. The SMILES string of the molecule is C=CC=CCc1ccccc1C=C. The van der Waals surface area contributed by atoms with Gasteiger partial charge in [-0.2, -0.15) is 0 Å². The van der Waals surface area contributed by atoms with Crippen molar-refractivity contribution in [1.82, 2.24) is 0 Å². The van der Waals surface area contributed by atoms with Gasteiger partial charge in [0.2, 0.25) is 0 Å². The summed E-state index contributed by atoms with van der Waals surface area (Å²) in [6.07, 6.45) is 8.66. The van der Waals surface area contributed by atoms with Crippen LogP contribution >= 0.6 is 0 Å². The van der Waals surface area contributed by atoms with Crippen molar-refractivity contribution >= 4 is 6.08 Å². The van der Waals surface area contributed by atoms with Crippen molar-refractivity contribution in [2.45, 2.75) is 6.42 Å². The predicted octanol–water partition coefficient (Wildman–Crippen LogP) is 3.61. The molecule has 0 heteroatoms. The molecule has 0 bridgehead atoms. The first kappa shape index (κ1) is 9.53. The van der Waals surface area contributed by atoms with E-state index in [2.05, 4.69) is 31.4 Å². The Labute approximate surface area is 79.9 Å². The maximum Gasteiger partial charge on any atom is -0.00884 e. The van der Waals surface area contributed by atoms with Crippen LogP contribution < -0.4 is 0 Å². The molecule has 1 aromatic carbocycles. The van der Waals surface area contributed by atoms with Crippen LogP contribution in [-0.4, -0.2) is 0 Å². The smallest absolute Gasteiger partial charge is 0.00884 e. The third-order valence-electron chi connectivity index (χ3n) is 1.88. The fourth-order valence-electron chi connectivity index (χ4n) is 1.21. The zero-order valence-corrected chi connectivity index (χ0v) is 7.74. The largest absolute Gasteiger partial charge is 0.0991 e. The Bertz CT molecular complexity index is 319. The average molecular weight is 170 g/mol. The highest BCUT2D eigenvalue weighted by molar-refractivity contribution is 5.52. The third kappa shape index (κ3) is 2.75. The van der Waals surface area contributed by atoms with Crippen molar-refractivity contribution in [1.29, 1.82) is 0 Å². The molecular weight excluding hydrogens is 156 g/mol. The molecule has 0 saturated heterocycles. The second kappa shape index (κ2) is 5.15. The third-order valence-corrected chi connectivity index (χ3v) is 1.88. The highest BCUT2D eigenvalue weighted by atomic mass is 14.0. The first-order valence-electron chi connectivity index (χ1n) is 4.36. The Morgan fingerprint density at radius 2 is 1.92 bits per heavy atom. The average Bonchev–Trinajstić information content (AvgIpc) is 2.19. The summed E-state index contributed by atoms with van der Waals surface area (Å²) in [5, 5.41) is 0. The maximum atomic E-state index is 3.78. The van der Waals surface area contributed by atoms with Crippen LogP contribution in [0, 0.1) is 0 Å². The molecule has 0 fully saturated rings. The fourth-order valence-corrected chi connectivity index (χ4v) is 1.21. The molecule has 0 aromatic heterocycles. The van der Waals surface area contributed by atoms with Crippen LogP contribution in [0.25, 0.3) is 6.08 Å². The van der Waals surface area contributed by atoms with Crippen LogP contribution in [-0.2, 0) is 6.42 Å². The van der Waals surface area contributed by atoms with E-state index in [4.69, 9.17) is 0 Å². The molecule has 0 aliphatic rings. The second-order valence-electron chi connectivity index (χ2n) is 2.77. The molecule has 13 heavy (non-hydrogen) atoms. The number of allylic oxidation sites excluding steroid dienone is 3. The Kier molecular flexibility index (Phi) is 3.77. The van der Waals surface area contributed by atoms with Gasteiger partial charge in [-0.25, -0.2) is 0 Å². The van der Waals surface area contributed by atoms with Crippen molar-refractivity contribution in [2.24, 2.45) is 0 Å². The van der Waals surface area contributed by atoms with E-state index in [-0.39, 0.29) is 0 Å². The molecule has 0 nitrogen and oxygen atoms in total. The molecule has 0 N–H and O–H groups in total. The van der Waals surface area contributed by atoms with Crippen LogP contribution in [0.3, 0.4) is 0 Å². The standard InChI is InChI=1S/C13H14/c1-3-5-6-10-13-11-8-7-9-12(13)4-2/h3-9,11H,1-2,10H2.